The number of aromatic nitrogens is 7. The predicted octanol–water partition coefficient (Wildman–Crippen LogP) is 4.94. The lowest BCUT2D eigenvalue weighted by Crippen LogP contribution is -2.11. The van der Waals surface area contributed by atoms with Crippen LogP contribution in [0.5, 0.6) is 0 Å². The summed E-state index contributed by atoms with van der Waals surface area (Å²) in [6, 6.07) is 5.74. The minimum Gasteiger partial charge on any atom is -0.336 e. The van der Waals surface area contributed by atoms with Gasteiger partial charge in [0.2, 0.25) is 0 Å². The molecule has 6 aromatic heterocycles. The molecule has 0 bridgehead atoms. The summed E-state index contributed by atoms with van der Waals surface area (Å²) in [6.07, 6.45) is 6.70. The Hall–Kier alpha value is -4.02. The fourth-order valence-electron chi connectivity index (χ4n) is 3.99. The van der Waals surface area contributed by atoms with E-state index in [-0.39, 0.29) is 5.69 Å². The lowest BCUT2D eigenvalue weighted by molar-refractivity contribution is 0.638. The molecule has 6 aromatic rings. The number of hydrogen-bond acceptors (Lipinski definition) is 7. The summed E-state index contributed by atoms with van der Waals surface area (Å²) in [4.78, 5) is 21.2. The molecular formula is C24H19FN8S. The Morgan fingerprint density at radius 3 is 2.82 bits per heavy atom. The molecule has 34 heavy (non-hydrogen) atoms. The van der Waals surface area contributed by atoms with Gasteiger partial charge in [-0.15, -0.1) is 0 Å². The van der Waals surface area contributed by atoms with Crippen LogP contribution in [0.2, 0.25) is 0 Å². The fourth-order valence-corrected chi connectivity index (χ4v) is 4.63. The smallest absolute Gasteiger partial charge is 0.161 e. The van der Waals surface area contributed by atoms with E-state index < -0.39 is 5.82 Å². The Balaban J connectivity index is 1.48. The monoisotopic (exact) mass is 470 g/mol. The number of thiophene rings is 1. The third kappa shape index (κ3) is 3.44. The van der Waals surface area contributed by atoms with Gasteiger partial charge >= 0.3 is 0 Å². The fraction of sp³-hybridized carbons (Fsp3) is 0.125. The Bertz CT molecular complexity index is 1620. The molecule has 6 rings (SSSR count). The highest BCUT2D eigenvalue weighted by atomic mass is 32.1. The molecular weight excluding hydrogens is 451 g/mol. The van der Waals surface area contributed by atoms with E-state index in [1.165, 1.54) is 0 Å². The second kappa shape index (κ2) is 8.40. The highest BCUT2D eigenvalue weighted by molar-refractivity contribution is 7.08. The Morgan fingerprint density at radius 1 is 1.03 bits per heavy atom. The molecule has 0 unspecified atom stereocenters. The third-order valence-corrected chi connectivity index (χ3v) is 6.29. The molecule has 0 aliphatic rings. The van der Waals surface area contributed by atoms with Crippen molar-refractivity contribution in [3.63, 3.8) is 0 Å². The van der Waals surface area contributed by atoms with Crippen molar-refractivity contribution in [3.05, 3.63) is 65.1 Å². The molecule has 0 fully saturated rings. The number of halogens is 1. The number of rotatable bonds is 6. The van der Waals surface area contributed by atoms with Gasteiger partial charge in [0.1, 0.15) is 16.9 Å². The van der Waals surface area contributed by atoms with Gasteiger partial charge in [0.25, 0.3) is 0 Å². The van der Waals surface area contributed by atoms with Gasteiger partial charge in [-0.05, 0) is 35.7 Å². The van der Waals surface area contributed by atoms with Crippen LogP contribution in [0.25, 0.3) is 56.0 Å². The number of pyridine rings is 3. The largest absolute Gasteiger partial charge is 0.336 e. The molecule has 8 nitrogen and oxygen atoms in total. The first-order chi connectivity index (χ1) is 16.7. The second-order valence-corrected chi connectivity index (χ2v) is 8.58. The average molecular weight is 471 g/mol. The van der Waals surface area contributed by atoms with Crippen LogP contribution in [0.3, 0.4) is 0 Å². The van der Waals surface area contributed by atoms with Gasteiger partial charge in [0.15, 0.2) is 11.6 Å². The van der Waals surface area contributed by atoms with Crippen molar-refractivity contribution in [2.45, 2.75) is 13.5 Å². The molecule has 0 aliphatic heterocycles. The van der Waals surface area contributed by atoms with E-state index in [9.17, 15) is 0 Å². The van der Waals surface area contributed by atoms with Gasteiger partial charge in [-0.3, -0.25) is 20.1 Å². The van der Waals surface area contributed by atoms with Crippen molar-refractivity contribution >= 4 is 33.3 Å². The summed E-state index contributed by atoms with van der Waals surface area (Å²) < 4.78 is 15.9. The van der Waals surface area contributed by atoms with Crippen LogP contribution in [0.1, 0.15) is 12.5 Å². The SMILES string of the molecule is CCNCc1cncc(-c2ncc3[nH]nc(-c4nc5c(-c6ccsc6)nccc5[nH]4)c3c2F)c1. The van der Waals surface area contributed by atoms with E-state index >= 15 is 4.39 Å². The Morgan fingerprint density at radius 2 is 1.97 bits per heavy atom. The van der Waals surface area contributed by atoms with E-state index in [1.54, 1.807) is 36.1 Å². The number of imidazole rings is 1. The molecule has 6 heterocycles. The summed E-state index contributed by atoms with van der Waals surface area (Å²) in [7, 11) is 0. The van der Waals surface area contributed by atoms with Crippen molar-refractivity contribution in [2.24, 2.45) is 0 Å². The summed E-state index contributed by atoms with van der Waals surface area (Å²) in [5.41, 5.74) is 5.94. The average Bonchev–Trinajstić information content (AvgIpc) is 3.62. The zero-order valence-electron chi connectivity index (χ0n) is 18.1. The summed E-state index contributed by atoms with van der Waals surface area (Å²) in [6.45, 7) is 3.52. The first kappa shape index (κ1) is 20.6. The van der Waals surface area contributed by atoms with Crippen LogP contribution < -0.4 is 5.32 Å². The van der Waals surface area contributed by atoms with Crippen LogP contribution in [0, 0.1) is 5.82 Å². The highest BCUT2D eigenvalue weighted by Crippen LogP contribution is 2.34. The molecule has 0 saturated heterocycles. The molecule has 10 heteroatoms. The number of nitrogens with zero attached hydrogens (tertiary/aromatic N) is 5. The summed E-state index contributed by atoms with van der Waals surface area (Å²) in [5, 5.41) is 14.8. The minimum atomic E-state index is -0.472. The maximum atomic E-state index is 15.9. The maximum Gasteiger partial charge on any atom is 0.161 e. The van der Waals surface area contributed by atoms with Crippen molar-refractivity contribution < 1.29 is 4.39 Å². The van der Waals surface area contributed by atoms with Gasteiger partial charge in [-0.2, -0.15) is 16.4 Å². The zero-order chi connectivity index (χ0) is 23.1. The second-order valence-electron chi connectivity index (χ2n) is 7.80. The summed E-state index contributed by atoms with van der Waals surface area (Å²) in [5.74, 6) is -0.0129. The lowest BCUT2D eigenvalue weighted by Gasteiger charge is -2.07. The minimum absolute atomic E-state index is 0.220. The first-order valence-electron chi connectivity index (χ1n) is 10.8. The first-order valence-corrected chi connectivity index (χ1v) is 11.7. The van der Waals surface area contributed by atoms with Gasteiger partial charge in [-0.1, -0.05) is 6.92 Å². The van der Waals surface area contributed by atoms with Crippen LogP contribution in [-0.4, -0.2) is 41.7 Å². The summed E-state index contributed by atoms with van der Waals surface area (Å²) >= 11 is 1.60. The highest BCUT2D eigenvalue weighted by Gasteiger charge is 2.21. The van der Waals surface area contributed by atoms with Crippen molar-refractivity contribution in [1.29, 1.82) is 0 Å². The third-order valence-electron chi connectivity index (χ3n) is 5.61. The molecule has 0 radical (unpaired) electrons. The van der Waals surface area contributed by atoms with Crippen LogP contribution >= 0.6 is 11.3 Å². The topological polar surface area (TPSA) is 108 Å². The van der Waals surface area contributed by atoms with Gasteiger partial charge < -0.3 is 10.3 Å². The molecule has 168 valence electrons. The molecule has 0 saturated carbocycles. The number of H-pyrrole nitrogens is 2. The Kier molecular flexibility index (Phi) is 5.08. The predicted molar refractivity (Wildman–Crippen MR) is 131 cm³/mol. The van der Waals surface area contributed by atoms with Crippen LogP contribution in [-0.2, 0) is 6.54 Å². The molecule has 0 spiro atoms. The van der Waals surface area contributed by atoms with Crippen LogP contribution in [0.15, 0.2) is 53.7 Å². The normalized spacial score (nSPS) is 11.6. The Labute approximate surface area is 197 Å². The van der Waals surface area contributed by atoms with Crippen molar-refractivity contribution in [2.75, 3.05) is 6.54 Å². The lowest BCUT2D eigenvalue weighted by atomic mass is 10.1. The quantitative estimate of drug-likeness (QED) is 0.318. The number of nitrogens with one attached hydrogen (secondary N) is 3. The standard InChI is InChI=1S/C24H19FN8S/c1-2-26-8-13-7-15(10-27-9-13)20-19(25)18-17(11-29-20)32-33-23(18)24-30-16-3-5-28-21(22(16)31-24)14-4-6-34-12-14/h3-7,9-12,26H,2,8H2,1H3,(H,30,31)(H,32,33). The molecule has 0 amide bonds. The molecule has 0 aromatic carbocycles. The van der Waals surface area contributed by atoms with Crippen LogP contribution in [0.4, 0.5) is 4.39 Å². The van der Waals surface area contributed by atoms with E-state index in [2.05, 4.69) is 35.5 Å². The molecule has 3 N–H and O–H groups in total. The van der Waals surface area contributed by atoms with Crippen molar-refractivity contribution in [3.8, 4) is 34.0 Å². The van der Waals surface area contributed by atoms with Gasteiger partial charge in [0.05, 0.1) is 28.3 Å². The number of fused-ring (bicyclic) bond motifs is 2. The number of aromatic amines is 2. The van der Waals surface area contributed by atoms with Gasteiger partial charge in [0, 0.05) is 41.6 Å². The van der Waals surface area contributed by atoms with E-state index in [1.807, 2.05) is 35.9 Å². The van der Waals surface area contributed by atoms with Gasteiger partial charge in [-0.25, -0.2) is 9.37 Å². The maximum absolute atomic E-state index is 15.9. The van der Waals surface area contributed by atoms with E-state index in [0.717, 1.165) is 28.9 Å². The number of hydrogen-bond donors (Lipinski definition) is 3. The van der Waals surface area contributed by atoms with E-state index in [4.69, 9.17) is 4.98 Å². The molecule has 0 aliphatic carbocycles. The zero-order valence-corrected chi connectivity index (χ0v) is 18.9. The van der Waals surface area contributed by atoms with E-state index in [0.29, 0.717) is 40.0 Å². The molecule has 0 atom stereocenters. The van der Waals surface area contributed by atoms with Crippen molar-refractivity contribution in [1.82, 2.24) is 40.4 Å².